The molecular weight excluding hydrogens is 668 g/mol. The molecule has 0 bridgehead atoms. The Morgan fingerprint density at radius 1 is 1.04 bits per heavy atom. The predicted molar refractivity (Wildman–Crippen MR) is 203 cm³/mol. The number of nitrogens with one attached hydrogen (secondary N) is 2. The van der Waals surface area contributed by atoms with Crippen LogP contribution in [-0.4, -0.2) is 82.8 Å². The average Bonchev–Trinajstić information content (AvgIpc) is 3.86. The lowest BCUT2D eigenvalue weighted by atomic mass is 9.84. The molecule has 53 heavy (non-hydrogen) atoms. The number of amides is 4. The predicted octanol–water partition coefficient (Wildman–Crippen LogP) is 5.22. The van der Waals surface area contributed by atoms with Gasteiger partial charge >= 0.3 is 6.03 Å². The van der Waals surface area contributed by atoms with Crippen LogP contribution in [0.5, 0.6) is 0 Å². The number of carbonyl (C=O) groups excluding carboxylic acids is 6. The van der Waals surface area contributed by atoms with E-state index in [1.54, 1.807) is 11.0 Å². The Labute approximate surface area is 315 Å². The molecule has 4 amide bonds. The van der Waals surface area contributed by atoms with Gasteiger partial charge in [0.15, 0.2) is 11.6 Å². The number of piperidine rings is 1. The molecule has 6 atom stereocenters. The number of hydrogen-bond donors (Lipinski definition) is 2. The molecule has 1 unspecified atom stereocenters. The number of fused-ring (bicyclic) bond motifs is 2. The number of rotatable bonds is 16. The lowest BCUT2D eigenvalue weighted by Gasteiger charge is -2.38. The van der Waals surface area contributed by atoms with Crippen molar-refractivity contribution in [1.29, 1.82) is 0 Å². The first kappa shape index (κ1) is 39.9. The fraction of sp³-hybridized carbons (Fsp3) is 0.628. The van der Waals surface area contributed by atoms with Crippen LogP contribution in [0.25, 0.3) is 0 Å². The van der Waals surface area contributed by atoms with Crippen LogP contribution in [0.3, 0.4) is 0 Å². The lowest BCUT2D eigenvalue weighted by Crippen LogP contribution is -2.60. The highest BCUT2D eigenvalue weighted by atomic mass is 16.2. The summed E-state index contributed by atoms with van der Waals surface area (Å²) >= 11 is 0. The fourth-order valence-corrected chi connectivity index (χ4v) is 9.02. The Bertz CT molecular complexity index is 1580. The van der Waals surface area contributed by atoms with Crippen LogP contribution < -0.4 is 10.6 Å². The molecule has 10 heteroatoms. The largest absolute Gasteiger partial charge is 0.341 e. The highest BCUT2D eigenvalue weighted by Gasteiger charge is 2.52. The number of carbonyl (C=O) groups is 6. The zero-order valence-electron chi connectivity index (χ0n) is 31.9. The summed E-state index contributed by atoms with van der Waals surface area (Å²) in [5.74, 6) is 0.000913. The molecule has 5 rings (SSSR count). The maximum absolute atomic E-state index is 14.9. The zero-order valence-corrected chi connectivity index (χ0v) is 31.9. The van der Waals surface area contributed by atoms with Gasteiger partial charge in [-0.25, -0.2) is 4.79 Å². The molecule has 4 aliphatic rings. The van der Waals surface area contributed by atoms with E-state index in [4.69, 9.17) is 6.42 Å². The molecule has 0 spiro atoms. The van der Waals surface area contributed by atoms with Crippen molar-refractivity contribution in [2.75, 3.05) is 19.6 Å². The first-order valence-electron chi connectivity index (χ1n) is 19.7. The minimum Gasteiger partial charge on any atom is -0.341 e. The van der Waals surface area contributed by atoms with E-state index in [-0.39, 0.29) is 72.5 Å². The third-order valence-electron chi connectivity index (χ3n) is 12.1. The van der Waals surface area contributed by atoms with E-state index in [1.165, 1.54) is 0 Å². The van der Waals surface area contributed by atoms with E-state index in [0.29, 0.717) is 45.3 Å². The number of likely N-dealkylation sites (tertiary alicyclic amines) is 2. The second-order valence-corrected chi connectivity index (χ2v) is 16.8. The number of urea groups is 1. The van der Waals surface area contributed by atoms with E-state index in [1.807, 2.05) is 37.8 Å². The van der Waals surface area contributed by atoms with Crippen molar-refractivity contribution in [3.63, 3.8) is 0 Å². The third-order valence-corrected chi connectivity index (χ3v) is 12.1. The van der Waals surface area contributed by atoms with E-state index in [2.05, 4.69) is 35.3 Å². The summed E-state index contributed by atoms with van der Waals surface area (Å²) in [5, 5.41) is 6.21. The van der Waals surface area contributed by atoms with Crippen molar-refractivity contribution in [3.8, 4) is 12.3 Å². The standard InChI is InChI=1S/C43H58N4O6/c1-6-8-15-30(40(51)34(48)20-9-7-2)25-35(49)39-33-19-14-18-31(33)26-47(39)41(52)38(32-23-28-16-10-11-17-29(28)24-32)45-42(53)44-36(43(3,4)5)27-46-22-13-12-21-37(46)50/h1,7,10-11,16-17,30-33,36,38-39H,2,8-9,12-15,18-27H2,3-5H3,(H2,44,45,53)/t30?,31-,33-,36+,38-,39-/m0/s1. The minimum atomic E-state index is -0.909. The normalized spacial score (nSPS) is 23.0. The van der Waals surface area contributed by atoms with E-state index in [9.17, 15) is 28.8 Å². The minimum absolute atomic E-state index is 0.0332. The summed E-state index contributed by atoms with van der Waals surface area (Å²) in [6, 6.07) is 5.56. The first-order chi connectivity index (χ1) is 25.3. The van der Waals surface area contributed by atoms with Crippen molar-refractivity contribution >= 4 is 35.2 Å². The highest BCUT2D eigenvalue weighted by Crippen LogP contribution is 2.44. The SMILES string of the molecule is C#CCCC(CC(=O)[C@@H]1[C@H]2CCC[C@H]2CN1C(=O)[C@@H](NC(=O)N[C@H](CN1CCCCC1=O)C(C)(C)C)C1Cc2ccccc2C1)C(=O)C(=O)CCC=C. The molecule has 10 nitrogen and oxygen atoms in total. The van der Waals surface area contributed by atoms with Crippen LogP contribution >= 0.6 is 0 Å². The number of nitrogens with zero attached hydrogens (tertiary/aromatic N) is 2. The molecule has 1 aromatic carbocycles. The van der Waals surface area contributed by atoms with Crippen molar-refractivity contribution in [2.24, 2.45) is 29.1 Å². The molecule has 2 aliphatic carbocycles. The van der Waals surface area contributed by atoms with Gasteiger partial charge in [0, 0.05) is 51.2 Å². The number of hydrogen-bond acceptors (Lipinski definition) is 6. The first-order valence-corrected chi connectivity index (χ1v) is 19.7. The van der Waals surface area contributed by atoms with E-state index >= 15 is 0 Å². The monoisotopic (exact) mass is 726 g/mol. The molecule has 0 aromatic heterocycles. The van der Waals surface area contributed by atoms with Gasteiger partial charge in [-0.3, -0.25) is 24.0 Å². The molecular formula is C43H58N4O6. The smallest absolute Gasteiger partial charge is 0.315 e. The highest BCUT2D eigenvalue weighted by molar-refractivity contribution is 6.38. The van der Waals surface area contributed by atoms with Gasteiger partial charge < -0.3 is 20.4 Å². The van der Waals surface area contributed by atoms with Gasteiger partial charge in [-0.05, 0) is 85.7 Å². The van der Waals surface area contributed by atoms with Crippen molar-refractivity contribution in [3.05, 3.63) is 48.0 Å². The quantitative estimate of drug-likeness (QED) is 0.137. The molecule has 2 saturated heterocycles. The van der Waals surface area contributed by atoms with Crippen LogP contribution in [0, 0.1) is 41.4 Å². The van der Waals surface area contributed by atoms with Crippen LogP contribution in [-0.2, 0) is 36.8 Å². The van der Waals surface area contributed by atoms with Crippen LogP contribution in [0.2, 0.25) is 0 Å². The van der Waals surface area contributed by atoms with Gasteiger partial charge in [0.1, 0.15) is 6.04 Å². The number of Topliss-reactive ketones (excluding diaryl/α,β-unsaturated/α-hetero) is 3. The molecule has 0 radical (unpaired) electrons. The second kappa shape index (κ2) is 17.7. The summed E-state index contributed by atoms with van der Waals surface area (Å²) in [4.78, 5) is 85.6. The van der Waals surface area contributed by atoms with Crippen molar-refractivity contribution in [2.45, 2.75) is 122 Å². The van der Waals surface area contributed by atoms with Crippen LogP contribution in [0.15, 0.2) is 36.9 Å². The van der Waals surface area contributed by atoms with Gasteiger partial charge in [-0.1, -0.05) is 57.5 Å². The Balaban J connectivity index is 1.39. The number of allylic oxidation sites excluding steroid dienone is 1. The molecule has 2 N–H and O–H groups in total. The summed E-state index contributed by atoms with van der Waals surface area (Å²) in [7, 11) is 0. The fourth-order valence-electron chi connectivity index (χ4n) is 9.02. The van der Waals surface area contributed by atoms with Gasteiger partial charge in [0.25, 0.3) is 0 Å². The van der Waals surface area contributed by atoms with Gasteiger partial charge in [0.05, 0.1) is 12.1 Å². The Morgan fingerprint density at radius 2 is 1.75 bits per heavy atom. The molecule has 3 fully saturated rings. The van der Waals surface area contributed by atoms with E-state index < -0.39 is 35.6 Å². The molecule has 1 aromatic rings. The maximum atomic E-state index is 14.9. The number of terminal acetylenes is 1. The Kier molecular flexibility index (Phi) is 13.3. The topological polar surface area (TPSA) is 133 Å². The van der Waals surface area contributed by atoms with Crippen molar-refractivity contribution in [1.82, 2.24) is 20.4 Å². The van der Waals surface area contributed by atoms with E-state index in [0.717, 1.165) is 43.2 Å². The zero-order chi connectivity index (χ0) is 38.3. The van der Waals surface area contributed by atoms with Crippen LogP contribution in [0.4, 0.5) is 4.79 Å². The van der Waals surface area contributed by atoms with Gasteiger partial charge in [-0.2, -0.15) is 0 Å². The molecule has 2 aliphatic heterocycles. The summed E-state index contributed by atoms with van der Waals surface area (Å²) < 4.78 is 0. The second-order valence-electron chi connectivity index (χ2n) is 16.8. The molecule has 1 saturated carbocycles. The Hall–Kier alpha value is -4.26. The van der Waals surface area contributed by atoms with Gasteiger partial charge in [-0.15, -0.1) is 18.9 Å². The number of benzene rings is 1. The number of ketones is 3. The van der Waals surface area contributed by atoms with Gasteiger partial charge in [0.2, 0.25) is 17.6 Å². The summed E-state index contributed by atoms with van der Waals surface area (Å²) in [6.07, 6.45) is 14.0. The summed E-state index contributed by atoms with van der Waals surface area (Å²) in [6.45, 7) is 11.2. The maximum Gasteiger partial charge on any atom is 0.315 e. The Morgan fingerprint density at radius 3 is 2.40 bits per heavy atom. The average molecular weight is 727 g/mol. The molecule has 2 heterocycles. The van der Waals surface area contributed by atoms with Crippen molar-refractivity contribution < 1.29 is 28.8 Å². The molecule has 286 valence electrons. The summed E-state index contributed by atoms with van der Waals surface area (Å²) in [5.41, 5.74) is 1.90. The third kappa shape index (κ3) is 9.65. The lowest BCUT2D eigenvalue weighted by molar-refractivity contribution is -0.143. The van der Waals surface area contributed by atoms with Crippen LogP contribution in [0.1, 0.15) is 103 Å².